The second-order valence-corrected chi connectivity index (χ2v) is 7.09. The number of aryl methyl sites for hydroxylation is 1. The van der Waals surface area contributed by atoms with Gasteiger partial charge in [-0.25, -0.2) is 0 Å². The van der Waals surface area contributed by atoms with E-state index < -0.39 is 0 Å². The van der Waals surface area contributed by atoms with Crippen molar-refractivity contribution >= 4 is 27.9 Å². The smallest absolute Gasteiger partial charge is 0.286 e. The number of hydrogen-bond donors (Lipinski definition) is 1. The molecule has 2 aromatic heterocycles. The van der Waals surface area contributed by atoms with Gasteiger partial charge in [0, 0.05) is 5.69 Å². The van der Waals surface area contributed by atoms with Crippen molar-refractivity contribution in [3.8, 4) is 0 Å². The number of fused-ring (bicyclic) bond motifs is 1. The minimum Gasteiger partial charge on any atom is -0.320 e. The summed E-state index contributed by atoms with van der Waals surface area (Å²) in [5.74, 6) is 0.429. The molecule has 7 heteroatoms. The van der Waals surface area contributed by atoms with Crippen LogP contribution < -0.4 is 5.32 Å². The van der Waals surface area contributed by atoms with E-state index in [-0.39, 0.29) is 11.3 Å². The number of nitrogens with zero attached hydrogens (tertiary/aromatic N) is 4. The molecule has 0 fully saturated rings. The van der Waals surface area contributed by atoms with Crippen LogP contribution in [0.3, 0.4) is 0 Å². The largest absolute Gasteiger partial charge is 0.320 e. The first-order valence-electron chi connectivity index (χ1n) is 6.95. The maximum absolute atomic E-state index is 12.3. The third-order valence-corrected chi connectivity index (χ3v) is 4.25. The number of amides is 1. The van der Waals surface area contributed by atoms with Crippen molar-refractivity contribution < 1.29 is 4.79 Å². The summed E-state index contributed by atoms with van der Waals surface area (Å²) in [7, 11) is 0. The molecule has 0 atom stereocenters. The zero-order valence-corrected chi connectivity index (χ0v) is 13.7. The molecule has 3 aromatic rings. The maximum atomic E-state index is 12.3. The van der Waals surface area contributed by atoms with Gasteiger partial charge in [-0.3, -0.25) is 4.79 Å². The standard InChI is InChI=1S/C15H17N5OS/c1-9-17-18-14-20(9)19-13(22-14)12(21)16-11-7-5-10(6-8-11)15(2,3)4/h5-8H,1-4H3,(H,16,21). The van der Waals surface area contributed by atoms with E-state index in [2.05, 4.69) is 41.4 Å². The first-order chi connectivity index (χ1) is 10.3. The van der Waals surface area contributed by atoms with Gasteiger partial charge in [-0.05, 0) is 30.0 Å². The lowest BCUT2D eigenvalue weighted by molar-refractivity contribution is 0.102. The Bertz CT molecular complexity index is 826. The van der Waals surface area contributed by atoms with Gasteiger partial charge in [-0.1, -0.05) is 44.2 Å². The Morgan fingerprint density at radius 1 is 1.18 bits per heavy atom. The molecule has 0 aliphatic rings. The molecule has 1 N–H and O–H groups in total. The van der Waals surface area contributed by atoms with Gasteiger partial charge in [0.05, 0.1) is 0 Å². The highest BCUT2D eigenvalue weighted by Gasteiger charge is 2.16. The van der Waals surface area contributed by atoms with E-state index in [1.165, 1.54) is 16.9 Å². The van der Waals surface area contributed by atoms with Crippen LogP contribution in [0.5, 0.6) is 0 Å². The van der Waals surface area contributed by atoms with Gasteiger partial charge in [0.1, 0.15) is 0 Å². The van der Waals surface area contributed by atoms with E-state index in [1.54, 1.807) is 11.4 Å². The third-order valence-electron chi connectivity index (χ3n) is 3.35. The zero-order chi connectivity index (χ0) is 15.9. The van der Waals surface area contributed by atoms with E-state index in [9.17, 15) is 4.79 Å². The molecule has 0 saturated carbocycles. The SMILES string of the molecule is Cc1nnc2sc(C(=O)Nc3ccc(C(C)(C)C)cc3)nn12. The van der Waals surface area contributed by atoms with Crippen LogP contribution in [0.25, 0.3) is 4.96 Å². The molecule has 0 bridgehead atoms. The van der Waals surface area contributed by atoms with E-state index in [0.29, 0.717) is 15.8 Å². The maximum Gasteiger partial charge on any atom is 0.286 e. The molecule has 3 rings (SSSR count). The summed E-state index contributed by atoms with van der Waals surface area (Å²) in [5, 5.41) is 15.3. The molecule has 1 amide bonds. The van der Waals surface area contributed by atoms with Crippen molar-refractivity contribution in [1.82, 2.24) is 19.8 Å². The lowest BCUT2D eigenvalue weighted by Crippen LogP contribution is -2.13. The molecule has 0 unspecified atom stereocenters. The lowest BCUT2D eigenvalue weighted by atomic mass is 9.87. The highest BCUT2D eigenvalue weighted by atomic mass is 32.1. The number of hydrogen-bond acceptors (Lipinski definition) is 5. The molecule has 114 valence electrons. The summed E-state index contributed by atoms with van der Waals surface area (Å²) in [5.41, 5.74) is 2.06. The normalized spacial score (nSPS) is 11.8. The Morgan fingerprint density at radius 2 is 1.86 bits per heavy atom. The summed E-state index contributed by atoms with van der Waals surface area (Å²) >= 11 is 1.22. The summed E-state index contributed by atoms with van der Waals surface area (Å²) in [6.45, 7) is 8.26. The predicted molar refractivity (Wildman–Crippen MR) is 86.5 cm³/mol. The highest BCUT2D eigenvalue weighted by Crippen LogP contribution is 2.24. The average molecular weight is 315 g/mol. The van der Waals surface area contributed by atoms with Crippen LogP contribution in [-0.2, 0) is 5.41 Å². The first kappa shape index (κ1) is 14.6. The summed E-state index contributed by atoms with van der Waals surface area (Å²) in [4.78, 5) is 12.9. The minimum atomic E-state index is -0.238. The number of carbonyl (C=O) groups is 1. The van der Waals surface area contributed by atoms with Crippen LogP contribution in [0.1, 0.15) is 42.0 Å². The molecular formula is C15H17N5OS. The fourth-order valence-electron chi connectivity index (χ4n) is 2.04. The van der Waals surface area contributed by atoms with Crippen LogP contribution in [-0.4, -0.2) is 25.7 Å². The molecule has 1 aromatic carbocycles. The Hall–Kier alpha value is -2.28. The fourth-order valence-corrected chi connectivity index (χ4v) is 2.82. The summed E-state index contributed by atoms with van der Waals surface area (Å²) in [6.07, 6.45) is 0. The summed E-state index contributed by atoms with van der Waals surface area (Å²) < 4.78 is 1.57. The Morgan fingerprint density at radius 3 is 2.45 bits per heavy atom. The van der Waals surface area contributed by atoms with Gasteiger partial charge in [0.25, 0.3) is 5.91 Å². The third kappa shape index (κ3) is 2.71. The van der Waals surface area contributed by atoms with Crippen molar-refractivity contribution in [2.75, 3.05) is 5.32 Å². The molecule has 0 aliphatic carbocycles. The summed E-state index contributed by atoms with van der Waals surface area (Å²) in [6, 6.07) is 7.87. The predicted octanol–water partition coefficient (Wildman–Crippen LogP) is 3.04. The average Bonchev–Trinajstić information content (AvgIpc) is 3.01. The van der Waals surface area contributed by atoms with Crippen molar-refractivity contribution in [2.45, 2.75) is 33.1 Å². The van der Waals surface area contributed by atoms with E-state index >= 15 is 0 Å². The van der Waals surface area contributed by atoms with Crippen LogP contribution in [0.2, 0.25) is 0 Å². The fraction of sp³-hybridized carbons (Fsp3) is 0.333. The molecule has 2 heterocycles. The van der Waals surface area contributed by atoms with E-state index in [4.69, 9.17) is 0 Å². The van der Waals surface area contributed by atoms with Crippen LogP contribution in [0.15, 0.2) is 24.3 Å². The van der Waals surface area contributed by atoms with Crippen LogP contribution >= 0.6 is 11.3 Å². The Labute approximate surface area is 132 Å². The molecule has 0 aliphatic heterocycles. The number of aromatic nitrogens is 4. The highest BCUT2D eigenvalue weighted by molar-refractivity contribution is 7.18. The molecule has 0 radical (unpaired) electrons. The molecule has 6 nitrogen and oxygen atoms in total. The van der Waals surface area contributed by atoms with Crippen LogP contribution in [0, 0.1) is 6.92 Å². The topological polar surface area (TPSA) is 72.2 Å². The molecule has 0 spiro atoms. The first-order valence-corrected chi connectivity index (χ1v) is 7.77. The van der Waals surface area contributed by atoms with Gasteiger partial charge in [0.15, 0.2) is 5.82 Å². The molecular weight excluding hydrogens is 298 g/mol. The number of benzene rings is 1. The Kier molecular flexibility index (Phi) is 3.44. The quantitative estimate of drug-likeness (QED) is 0.789. The van der Waals surface area contributed by atoms with Gasteiger partial charge in [0.2, 0.25) is 9.97 Å². The van der Waals surface area contributed by atoms with E-state index in [0.717, 1.165) is 5.69 Å². The van der Waals surface area contributed by atoms with Crippen molar-refractivity contribution in [3.05, 3.63) is 40.7 Å². The monoisotopic (exact) mass is 315 g/mol. The molecule has 0 saturated heterocycles. The molecule has 22 heavy (non-hydrogen) atoms. The number of rotatable bonds is 2. The Balaban J connectivity index is 1.78. The van der Waals surface area contributed by atoms with Gasteiger partial charge >= 0.3 is 0 Å². The lowest BCUT2D eigenvalue weighted by Gasteiger charge is -2.19. The number of nitrogens with one attached hydrogen (secondary N) is 1. The van der Waals surface area contributed by atoms with E-state index in [1.807, 2.05) is 24.3 Å². The van der Waals surface area contributed by atoms with Gasteiger partial charge in [-0.2, -0.15) is 4.52 Å². The van der Waals surface area contributed by atoms with Gasteiger partial charge in [-0.15, -0.1) is 15.3 Å². The van der Waals surface area contributed by atoms with Crippen molar-refractivity contribution in [3.63, 3.8) is 0 Å². The van der Waals surface area contributed by atoms with Gasteiger partial charge < -0.3 is 5.32 Å². The minimum absolute atomic E-state index is 0.0909. The second-order valence-electron chi connectivity index (χ2n) is 6.13. The number of carbonyl (C=O) groups excluding carboxylic acids is 1. The van der Waals surface area contributed by atoms with Crippen molar-refractivity contribution in [2.24, 2.45) is 0 Å². The zero-order valence-electron chi connectivity index (χ0n) is 12.9. The van der Waals surface area contributed by atoms with Crippen LogP contribution in [0.4, 0.5) is 5.69 Å². The second kappa shape index (κ2) is 5.17. The number of anilines is 1. The van der Waals surface area contributed by atoms with Crippen molar-refractivity contribution in [1.29, 1.82) is 0 Å².